The number of esters is 1. The first-order valence-corrected chi connectivity index (χ1v) is 11.6. The molecule has 1 aliphatic heterocycles. The maximum absolute atomic E-state index is 12.3. The van der Waals surface area contributed by atoms with E-state index in [0.29, 0.717) is 6.42 Å². The standard InChI is InChI=1S/C25H39NO5/c1-17-15-18(2)20-16-21(30-23(29)12-11-22(27)28)25(4,31-24(20)19(17)3)13-9-7-5-6-8-10-14-26/h15,21H,5-14,16,26H2,1-4H3,(H,27,28)/t21?,25-/m1/s1. The summed E-state index contributed by atoms with van der Waals surface area (Å²) >= 11 is 0. The molecule has 1 aliphatic rings. The van der Waals surface area contributed by atoms with Gasteiger partial charge in [0.1, 0.15) is 17.5 Å². The van der Waals surface area contributed by atoms with Gasteiger partial charge in [-0.15, -0.1) is 0 Å². The van der Waals surface area contributed by atoms with E-state index < -0.39 is 23.6 Å². The minimum absolute atomic E-state index is 0.123. The average Bonchev–Trinajstić information content (AvgIpc) is 2.71. The molecule has 0 fully saturated rings. The fourth-order valence-corrected chi connectivity index (χ4v) is 4.33. The van der Waals surface area contributed by atoms with Crippen LogP contribution < -0.4 is 10.5 Å². The van der Waals surface area contributed by atoms with Gasteiger partial charge in [0.2, 0.25) is 0 Å². The molecule has 31 heavy (non-hydrogen) atoms. The summed E-state index contributed by atoms with van der Waals surface area (Å²) in [5, 5.41) is 8.88. The summed E-state index contributed by atoms with van der Waals surface area (Å²) in [5.41, 5.74) is 9.46. The Morgan fingerprint density at radius 1 is 1.10 bits per heavy atom. The van der Waals surface area contributed by atoms with Crippen molar-refractivity contribution in [3.8, 4) is 5.75 Å². The van der Waals surface area contributed by atoms with Crippen molar-refractivity contribution < 1.29 is 24.2 Å². The van der Waals surface area contributed by atoms with Gasteiger partial charge in [-0.1, -0.05) is 31.7 Å². The molecule has 2 atom stereocenters. The van der Waals surface area contributed by atoms with Crippen LogP contribution >= 0.6 is 0 Å². The number of hydrogen-bond acceptors (Lipinski definition) is 5. The lowest BCUT2D eigenvalue weighted by Gasteiger charge is -2.43. The van der Waals surface area contributed by atoms with E-state index >= 15 is 0 Å². The number of nitrogens with two attached hydrogens (primary N) is 1. The third-order valence-corrected chi connectivity index (χ3v) is 6.47. The van der Waals surface area contributed by atoms with Gasteiger partial charge in [-0.05, 0) is 70.2 Å². The molecule has 1 aromatic rings. The summed E-state index contributed by atoms with van der Waals surface area (Å²) < 4.78 is 12.4. The molecule has 1 aromatic carbocycles. The van der Waals surface area contributed by atoms with Crippen LogP contribution in [0.2, 0.25) is 0 Å². The summed E-state index contributed by atoms with van der Waals surface area (Å²) in [6.07, 6.45) is 7.27. The lowest BCUT2D eigenvalue weighted by atomic mass is 9.82. The van der Waals surface area contributed by atoms with Crippen LogP contribution in [0.4, 0.5) is 0 Å². The Labute approximate surface area is 186 Å². The zero-order chi connectivity index (χ0) is 23.0. The summed E-state index contributed by atoms with van der Waals surface area (Å²) in [6, 6.07) is 2.14. The maximum Gasteiger partial charge on any atom is 0.306 e. The molecular formula is C25H39NO5. The number of fused-ring (bicyclic) bond motifs is 1. The van der Waals surface area contributed by atoms with Crippen LogP contribution in [0.3, 0.4) is 0 Å². The molecule has 0 saturated heterocycles. The van der Waals surface area contributed by atoms with Gasteiger partial charge in [-0.2, -0.15) is 0 Å². The Hall–Kier alpha value is -2.08. The van der Waals surface area contributed by atoms with Gasteiger partial charge in [0.15, 0.2) is 0 Å². The minimum Gasteiger partial charge on any atom is -0.483 e. The molecule has 1 heterocycles. The Morgan fingerprint density at radius 2 is 1.74 bits per heavy atom. The molecule has 0 radical (unpaired) electrons. The molecule has 1 unspecified atom stereocenters. The molecule has 0 saturated carbocycles. The fourth-order valence-electron chi connectivity index (χ4n) is 4.33. The van der Waals surface area contributed by atoms with Gasteiger partial charge in [0.05, 0.1) is 12.8 Å². The number of carbonyl (C=O) groups is 2. The highest BCUT2D eigenvalue weighted by atomic mass is 16.6. The number of carbonyl (C=O) groups excluding carboxylic acids is 1. The van der Waals surface area contributed by atoms with Gasteiger partial charge in [-0.25, -0.2) is 0 Å². The second-order valence-electron chi connectivity index (χ2n) is 9.09. The van der Waals surface area contributed by atoms with Crippen molar-refractivity contribution in [2.45, 2.75) is 104 Å². The molecule has 0 spiro atoms. The van der Waals surface area contributed by atoms with Crippen molar-refractivity contribution in [1.82, 2.24) is 0 Å². The third-order valence-electron chi connectivity index (χ3n) is 6.47. The molecule has 0 aromatic heterocycles. The number of ether oxygens (including phenoxy) is 2. The molecule has 0 bridgehead atoms. The van der Waals surface area contributed by atoms with Gasteiger partial charge < -0.3 is 20.3 Å². The fraction of sp³-hybridized carbons (Fsp3) is 0.680. The lowest BCUT2D eigenvalue weighted by molar-refractivity contribution is -0.165. The Balaban J connectivity index is 2.13. The Kier molecular flexibility index (Phi) is 9.35. The molecule has 6 nitrogen and oxygen atoms in total. The smallest absolute Gasteiger partial charge is 0.306 e. The zero-order valence-electron chi connectivity index (χ0n) is 19.6. The van der Waals surface area contributed by atoms with Gasteiger partial charge in [-0.3, -0.25) is 9.59 Å². The predicted octanol–water partition coefficient (Wildman–Crippen LogP) is 4.77. The van der Waals surface area contributed by atoms with Crippen LogP contribution in [0.1, 0.15) is 87.0 Å². The lowest BCUT2D eigenvalue weighted by Crippen LogP contribution is -2.51. The summed E-state index contributed by atoms with van der Waals surface area (Å²) in [6.45, 7) is 8.99. The van der Waals surface area contributed by atoms with Crippen LogP contribution in [-0.2, 0) is 20.7 Å². The summed E-state index contributed by atoms with van der Waals surface area (Å²) in [4.78, 5) is 23.2. The first kappa shape index (κ1) is 25.2. The van der Waals surface area contributed by atoms with E-state index in [1.807, 2.05) is 6.92 Å². The molecule has 3 N–H and O–H groups in total. The van der Waals surface area contributed by atoms with Crippen molar-refractivity contribution >= 4 is 11.9 Å². The topological polar surface area (TPSA) is 98.9 Å². The van der Waals surface area contributed by atoms with Crippen molar-refractivity contribution in [2.24, 2.45) is 5.73 Å². The highest BCUT2D eigenvalue weighted by Gasteiger charge is 2.44. The van der Waals surface area contributed by atoms with Crippen molar-refractivity contribution in [3.63, 3.8) is 0 Å². The van der Waals surface area contributed by atoms with Gasteiger partial charge >= 0.3 is 11.9 Å². The van der Waals surface area contributed by atoms with E-state index in [2.05, 4.69) is 26.8 Å². The van der Waals surface area contributed by atoms with Gasteiger partial charge in [0.25, 0.3) is 0 Å². The minimum atomic E-state index is -0.999. The van der Waals surface area contributed by atoms with Crippen molar-refractivity contribution in [2.75, 3.05) is 6.54 Å². The number of carboxylic acid groups (broad SMARTS) is 1. The van der Waals surface area contributed by atoms with E-state index in [-0.39, 0.29) is 12.8 Å². The quantitative estimate of drug-likeness (QED) is 0.364. The van der Waals surface area contributed by atoms with Crippen molar-refractivity contribution in [1.29, 1.82) is 0 Å². The number of aryl methyl sites for hydroxylation is 2. The van der Waals surface area contributed by atoms with E-state index in [1.54, 1.807) is 0 Å². The van der Waals surface area contributed by atoms with E-state index in [4.69, 9.17) is 20.3 Å². The van der Waals surface area contributed by atoms with Crippen LogP contribution in [0, 0.1) is 20.8 Å². The number of aliphatic carboxylic acids is 1. The molecule has 2 rings (SSSR count). The number of carboxylic acids is 1. The normalized spacial score (nSPS) is 20.1. The predicted molar refractivity (Wildman–Crippen MR) is 122 cm³/mol. The third kappa shape index (κ3) is 6.96. The van der Waals surface area contributed by atoms with E-state index in [9.17, 15) is 9.59 Å². The number of benzene rings is 1. The van der Waals surface area contributed by atoms with Crippen LogP contribution in [-0.4, -0.2) is 35.3 Å². The summed E-state index contributed by atoms with van der Waals surface area (Å²) in [7, 11) is 0. The molecule has 174 valence electrons. The van der Waals surface area contributed by atoms with E-state index in [1.165, 1.54) is 18.4 Å². The first-order chi connectivity index (χ1) is 14.7. The SMILES string of the molecule is Cc1cc(C)c2c(c1C)O[C@](C)(CCCCCCCCN)C(OC(=O)CCC(=O)O)C2. The average molecular weight is 434 g/mol. The van der Waals surface area contributed by atoms with Crippen LogP contribution in [0.15, 0.2) is 6.07 Å². The second kappa shape index (κ2) is 11.5. The molecule has 0 aliphatic carbocycles. The number of hydrogen-bond donors (Lipinski definition) is 2. The largest absolute Gasteiger partial charge is 0.483 e. The first-order valence-electron chi connectivity index (χ1n) is 11.6. The summed E-state index contributed by atoms with van der Waals surface area (Å²) in [5.74, 6) is -0.559. The van der Waals surface area contributed by atoms with E-state index in [0.717, 1.165) is 61.1 Å². The maximum atomic E-state index is 12.3. The highest BCUT2D eigenvalue weighted by molar-refractivity contribution is 5.76. The number of rotatable bonds is 12. The molecular weight excluding hydrogens is 394 g/mol. The monoisotopic (exact) mass is 433 g/mol. The Morgan fingerprint density at radius 3 is 2.39 bits per heavy atom. The second-order valence-corrected chi connectivity index (χ2v) is 9.09. The van der Waals surface area contributed by atoms with Crippen LogP contribution in [0.25, 0.3) is 0 Å². The Bertz CT molecular complexity index is 776. The zero-order valence-corrected chi connectivity index (χ0v) is 19.6. The van der Waals surface area contributed by atoms with Crippen molar-refractivity contribution in [3.05, 3.63) is 28.3 Å². The number of unbranched alkanes of at least 4 members (excludes halogenated alkanes) is 5. The van der Waals surface area contributed by atoms with Crippen LogP contribution in [0.5, 0.6) is 5.75 Å². The highest BCUT2D eigenvalue weighted by Crippen LogP contribution is 2.42. The van der Waals surface area contributed by atoms with Gasteiger partial charge in [0, 0.05) is 12.0 Å². The molecule has 0 amide bonds. The molecule has 6 heteroatoms.